The molecule has 0 aliphatic rings. The van der Waals surface area contributed by atoms with E-state index in [1.165, 1.54) is 12.3 Å². The average molecular weight is 212 g/mol. The molecule has 0 saturated heterocycles. The summed E-state index contributed by atoms with van der Waals surface area (Å²) in [5.41, 5.74) is 0.652. The normalized spacial score (nSPS) is 9.25. The molecule has 2 aromatic heterocycles. The molecule has 0 spiro atoms. The molecule has 2 aromatic rings. The van der Waals surface area contributed by atoms with Crippen LogP contribution in [0, 0.1) is 11.8 Å². The molecule has 2 heterocycles. The quantitative estimate of drug-likeness (QED) is 0.623. The van der Waals surface area contributed by atoms with E-state index in [0.717, 1.165) is 0 Å². The largest absolute Gasteiger partial charge is 0.328 e. The van der Waals surface area contributed by atoms with Crippen molar-refractivity contribution in [3.63, 3.8) is 0 Å². The van der Waals surface area contributed by atoms with Crippen LogP contribution in [0.4, 0.5) is 0 Å². The Labute approximate surface area is 91.0 Å². The number of hydrogen-bond acceptors (Lipinski definition) is 2. The van der Waals surface area contributed by atoms with E-state index in [-0.39, 0.29) is 11.1 Å². The summed E-state index contributed by atoms with van der Waals surface area (Å²) in [5, 5.41) is 0. The number of hydrogen-bond donors (Lipinski definition) is 2. The topological polar surface area (TPSA) is 65.7 Å². The van der Waals surface area contributed by atoms with Crippen LogP contribution in [0.1, 0.15) is 11.1 Å². The smallest absolute Gasteiger partial charge is 0.263 e. The minimum Gasteiger partial charge on any atom is -0.328 e. The van der Waals surface area contributed by atoms with Crippen molar-refractivity contribution in [2.75, 3.05) is 0 Å². The summed E-state index contributed by atoms with van der Waals surface area (Å²) in [6, 6.07) is 6.33. The molecule has 0 bridgehead atoms. The molecule has 0 radical (unpaired) electrons. The Morgan fingerprint density at radius 3 is 2.56 bits per heavy atom. The summed E-state index contributed by atoms with van der Waals surface area (Å²) in [4.78, 5) is 27.1. The molecule has 0 atom stereocenters. The molecular weight excluding hydrogens is 204 g/mol. The van der Waals surface area contributed by atoms with E-state index >= 15 is 0 Å². The molecule has 0 aliphatic heterocycles. The lowest BCUT2D eigenvalue weighted by Gasteiger charge is -1.88. The third-order valence-corrected chi connectivity index (χ3v) is 1.94. The van der Waals surface area contributed by atoms with Gasteiger partial charge in [0.25, 0.3) is 5.56 Å². The highest BCUT2D eigenvalue weighted by molar-refractivity contribution is 5.40. The first-order valence-electron chi connectivity index (χ1n) is 4.64. The fraction of sp³-hybridized carbons (Fsp3) is 0. The van der Waals surface area contributed by atoms with Crippen molar-refractivity contribution in [1.82, 2.24) is 9.97 Å². The summed E-state index contributed by atoms with van der Waals surface area (Å²) in [6.07, 6.45) is 3.06. The number of aromatic amines is 2. The number of H-pyrrole nitrogens is 2. The van der Waals surface area contributed by atoms with Crippen molar-refractivity contribution in [3.05, 3.63) is 68.5 Å². The van der Waals surface area contributed by atoms with Gasteiger partial charge in [0.15, 0.2) is 0 Å². The van der Waals surface area contributed by atoms with Crippen molar-refractivity contribution in [2.45, 2.75) is 0 Å². The second kappa shape index (κ2) is 4.32. The molecule has 0 aliphatic carbocycles. The van der Waals surface area contributed by atoms with E-state index in [1.807, 2.05) is 0 Å². The van der Waals surface area contributed by atoms with Crippen molar-refractivity contribution >= 4 is 0 Å². The summed E-state index contributed by atoms with van der Waals surface area (Å²) in [7, 11) is 0. The molecule has 0 fully saturated rings. The molecule has 0 unspecified atom stereocenters. The van der Waals surface area contributed by atoms with Crippen LogP contribution in [0.15, 0.2) is 46.2 Å². The van der Waals surface area contributed by atoms with Gasteiger partial charge in [-0.25, -0.2) is 0 Å². The molecule has 2 rings (SSSR count). The molecule has 0 amide bonds. The lowest BCUT2D eigenvalue weighted by molar-refractivity contribution is 1.22. The molecule has 78 valence electrons. The van der Waals surface area contributed by atoms with Crippen LogP contribution in [0.5, 0.6) is 0 Å². The number of rotatable bonds is 0. The van der Waals surface area contributed by atoms with Crippen LogP contribution in [0.25, 0.3) is 0 Å². The van der Waals surface area contributed by atoms with E-state index in [2.05, 4.69) is 21.8 Å². The van der Waals surface area contributed by atoms with Gasteiger partial charge in [0.1, 0.15) is 0 Å². The highest BCUT2D eigenvalue weighted by Gasteiger charge is 1.91. The maximum Gasteiger partial charge on any atom is 0.263 e. The van der Waals surface area contributed by atoms with Crippen LogP contribution in [0.2, 0.25) is 0 Å². The van der Waals surface area contributed by atoms with Gasteiger partial charge in [-0.1, -0.05) is 11.8 Å². The zero-order chi connectivity index (χ0) is 11.4. The van der Waals surface area contributed by atoms with E-state index in [0.29, 0.717) is 11.1 Å². The monoisotopic (exact) mass is 212 g/mol. The van der Waals surface area contributed by atoms with Crippen molar-refractivity contribution in [2.24, 2.45) is 0 Å². The SMILES string of the molecule is O=c1ccc(C#Cc2ccc[nH]c2=O)c[nH]1. The van der Waals surface area contributed by atoms with E-state index in [9.17, 15) is 9.59 Å². The predicted molar refractivity (Wildman–Crippen MR) is 60.1 cm³/mol. The Hall–Kier alpha value is -2.54. The lowest BCUT2D eigenvalue weighted by atomic mass is 10.2. The number of nitrogens with one attached hydrogen (secondary N) is 2. The highest BCUT2D eigenvalue weighted by Crippen LogP contribution is 1.91. The van der Waals surface area contributed by atoms with Crippen molar-refractivity contribution < 1.29 is 0 Å². The van der Waals surface area contributed by atoms with Gasteiger partial charge in [-0.05, 0) is 18.2 Å². The zero-order valence-corrected chi connectivity index (χ0v) is 8.28. The first kappa shape index (κ1) is 9.99. The van der Waals surface area contributed by atoms with E-state index < -0.39 is 0 Å². The average Bonchev–Trinajstić information content (AvgIpc) is 2.30. The lowest BCUT2D eigenvalue weighted by Crippen LogP contribution is -2.07. The third-order valence-electron chi connectivity index (χ3n) is 1.94. The van der Waals surface area contributed by atoms with Gasteiger partial charge >= 0.3 is 0 Å². The number of pyridine rings is 2. The minimum atomic E-state index is -0.223. The van der Waals surface area contributed by atoms with E-state index in [1.54, 1.807) is 24.4 Å². The van der Waals surface area contributed by atoms with Gasteiger partial charge < -0.3 is 9.97 Å². The maximum atomic E-state index is 11.3. The summed E-state index contributed by atoms with van der Waals surface area (Å²) in [5.74, 6) is 5.52. The molecule has 2 N–H and O–H groups in total. The van der Waals surface area contributed by atoms with Gasteiger partial charge in [0, 0.05) is 24.0 Å². The van der Waals surface area contributed by atoms with Crippen LogP contribution in [0.3, 0.4) is 0 Å². The van der Waals surface area contributed by atoms with Crippen molar-refractivity contribution in [3.8, 4) is 11.8 Å². The first-order valence-corrected chi connectivity index (χ1v) is 4.64. The highest BCUT2D eigenvalue weighted by atomic mass is 16.1. The van der Waals surface area contributed by atoms with Gasteiger partial charge in [0.05, 0.1) is 5.56 Å². The zero-order valence-electron chi connectivity index (χ0n) is 8.28. The Bertz CT molecular complexity index is 651. The Morgan fingerprint density at radius 1 is 1.00 bits per heavy atom. The Morgan fingerprint density at radius 2 is 1.88 bits per heavy atom. The molecule has 0 aromatic carbocycles. The summed E-state index contributed by atoms with van der Waals surface area (Å²) in [6.45, 7) is 0. The van der Waals surface area contributed by atoms with Crippen LogP contribution >= 0.6 is 0 Å². The molecular formula is C12H8N2O2. The minimum absolute atomic E-state index is 0.178. The Kier molecular flexibility index (Phi) is 2.70. The third kappa shape index (κ3) is 2.28. The second-order valence-corrected chi connectivity index (χ2v) is 3.10. The first-order chi connectivity index (χ1) is 7.75. The Balaban J connectivity index is 2.36. The van der Waals surface area contributed by atoms with Gasteiger partial charge in [0.2, 0.25) is 5.56 Å². The molecule has 4 heteroatoms. The van der Waals surface area contributed by atoms with Gasteiger partial charge in [-0.2, -0.15) is 0 Å². The van der Waals surface area contributed by atoms with Crippen LogP contribution < -0.4 is 11.1 Å². The fourth-order valence-corrected chi connectivity index (χ4v) is 1.15. The van der Waals surface area contributed by atoms with Crippen LogP contribution in [-0.4, -0.2) is 9.97 Å². The molecule has 16 heavy (non-hydrogen) atoms. The standard InChI is InChI=1S/C12H8N2O2/c15-11-6-4-9(8-14-11)3-5-10-2-1-7-13-12(10)16/h1-2,4,6-8H,(H,13,16)(H,14,15). The van der Waals surface area contributed by atoms with Gasteiger partial charge in [-0.15, -0.1) is 0 Å². The van der Waals surface area contributed by atoms with E-state index in [4.69, 9.17) is 0 Å². The summed E-state index contributed by atoms with van der Waals surface area (Å²) < 4.78 is 0. The fourth-order valence-electron chi connectivity index (χ4n) is 1.15. The second-order valence-electron chi connectivity index (χ2n) is 3.10. The molecule has 0 saturated carbocycles. The van der Waals surface area contributed by atoms with Crippen molar-refractivity contribution in [1.29, 1.82) is 0 Å². The number of aromatic nitrogens is 2. The van der Waals surface area contributed by atoms with Crippen LogP contribution in [-0.2, 0) is 0 Å². The van der Waals surface area contributed by atoms with Gasteiger partial charge in [-0.3, -0.25) is 9.59 Å². The molecule has 4 nitrogen and oxygen atoms in total. The maximum absolute atomic E-state index is 11.3. The predicted octanol–water partition coefficient (Wildman–Crippen LogP) is 0.463. The summed E-state index contributed by atoms with van der Waals surface area (Å²) >= 11 is 0.